The summed E-state index contributed by atoms with van der Waals surface area (Å²) in [6, 6.07) is 0. The van der Waals surface area contributed by atoms with Crippen molar-refractivity contribution in [3.63, 3.8) is 0 Å². The number of hydrogen-bond donors (Lipinski definition) is 5. The first-order valence-electron chi connectivity index (χ1n) is 4.73. The highest BCUT2D eigenvalue weighted by Crippen LogP contribution is 2.28. The van der Waals surface area contributed by atoms with Crippen LogP contribution in [-0.4, -0.2) is 55.5 Å². The number of rotatable bonds is 3. The normalized spacial score (nSPS) is 23.5. The molecule has 2 atom stereocenters. The largest absolute Gasteiger partial charge is 0.391 e. The van der Waals surface area contributed by atoms with Crippen LogP contribution in [0.4, 0.5) is 0 Å². The average molecular weight is 238 g/mol. The average Bonchev–Trinajstić information content (AvgIpc) is 2.86. The molecule has 8 nitrogen and oxygen atoms in total. The summed E-state index contributed by atoms with van der Waals surface area (Å²) >= 11 is 0. The fourth-order valence-corrected chi connectivity index (χ4v) is 1.59. The highest BCUT2D eigenvalue weighted by molar-refractivity contribution is 5.95. The zero-order valence-corrected chi connectivity index (χ0v) is 8.58. The third-order valence-corrected chi connectivity index (χ3v) is 2.45. The maximum atomic E-state index is 11.0. The Bertz CT molecular complexity index is 529. The third-order valence-electron chi connectivity index (χ3n) is 2.45. The van der Waals surface area contributed by atoms with Crippen molar-refractivity contribution in [2.75, 3.05) is 6.61 Å². The van der Waals surface area contributed by atoms with Crippen molar-refractivity contribution in [1.82, 2.24) is 15.4 Å². The maximum absolute atomic E-state index is 11.0. The molecule has 1 aliphatic rings. The SMILES string of the molecule is NC(=O)c1n[nH]nc1C1=C=C(CO)C(O)C1O. The Kier molecular flexibility index (Phi) is 2.78. The number of primary amides is 1. The van der Waals surface area contributed by atoms with Crippen molar-refractivity contribution in [3.05, 3.63) is 22.7 Å². The summed E-state index contributed by atoms with van der Waals surface area (Å²) in [5.74, 6) is -0.817. The highest BCUT2D eigenvalue weighted by Gasteiger charge is 2.33. The van der Waals surface area contributed by atoms with E-state index in [-0.39, 0.29) is 22.5 Å². The molecule has 90 valence electrons. The Labute approximate surface area is 95.1 Å². The maximum Gasteiger partial charge on any atom is 0.271 e. The van der Waals surface area contributed by atoms with Crippen LogP contribution in [0.2, 0.25) is 0 Å². The molecule has 0 saturated carbocycles. The van der Waals surface area contributed by atoms with Crippen molar-refractivity contribution in [1.29, 1.82) is 0 Å². The number of aliphatic hydroxyl groups excluding tert-OH is 3. The Morgan fingerprint density at radius 1 is 1.41 bits per heavy atom. The zero-order valence-electron chi connectivity index (χ0n) is 8.58. The lowest BCUT2D eigenvalue weighted by Crippen LogP contribution is -2.27. The van der Waals surface area contributed by atoms with E-state index < -0.39 is 24.7 Å². The van der Waals surface area contributed by atoms with Crippen LogP contribution >= 0.6 is 0 Å². The molecule has 0 fully saturated rings. The van der Waals surface area contributed by atoms with Crippen LogP contribution in [0.25, 0.3) is 5.57 Å². The number of carbonyl (C=O) groups excluding carboxylic acids is 1. The first-order chi connectivity index (χ1) is 8.06. The molecule has 2 rings (SSSR count). The molecule has 1 aromatic rings. The van der Waals surface area contributed by atoms with Gasteiger partial charge in [-0.25, -0.2) is 0 Å². The molecule has 1 aromatic heterocycles. The number of amides is 1. The second-order valence-electron chi connectivity index (χ2n) is 3.50. The quantitative estimate of drug-likeness (QED) is 0.369. The van der Waals surface area contributed by atoms with Gasteiger partial charge in [0.1, 0.15) is 17.9 Å². The number of hydrogen-bond acceptors (Lipinski definition) is 6. The number of aromatic nitrogens is 3. The number of nitrogens with zero attached hydrogens (tertiary/aromatic N) is 2. The van der Waals surface area contributed by atoms with E-state index in [1.165, 1.54) is 0 Å². The summed E-state index contributed by atoms with van der Waals surface area (Å²) in [6.45, 7) is -0.453. The topological polar surface area (TPSA) is 145 Å². The lowest BCUT2D eigenvalue weighted by Gasteiger charge is -2.12. The van der Waals surface area contributed by atoms with Gasteiger partial charge in [-0.05, 0) is 0 Å². The monoisotopic (exact) mass is 238 g/mol. The minimum absolute atomic E-state index is 0.0208. The summed E-state index contributed by atoms with van der Waals surface area (Å²) in [7, 11) is 0. The Balaban J connectivity index is 2.51. The number of carbonyl (C=O) groups is 1. The summed E-state index contributed by atoms with van der Waals surface area (Å²) in [5.41, 5.74) is 7.72. The van der Waals surface area contributed by atoms with Gasteiger partial charge in [-0.2, -0.15) is 15.4 Å². The summed E-state index contributed by atoms with van der Waals surface area (Å²) in [5, 5.41) is 37.6. The molecule has 0 saturated heterocycles. The first-order valence-corrected chi connectivity index (χ1v) is 4.73. The van der Waals surface area contributed by atoms with Crippen molar-refractivity contribution < 1.29 is 20.1 Å². The van der Waals surface area contributed by atoms with Gasteiger partial charge in [0.25, 0.3) is 5.91 Å². The van der Waals surface area contributed by atoms with E-state index in [1.54, 1.807) is 0 Å². The van der Waals surface area contributed by atoms with Gasteiger partial charge in [0, 0.05) is 5.57 Å². The third kappa shape index (κ3) is 1.75. The first kappa shape index (κ1) is 11.5. The molecule has 0 bridgehead atoms. The lowest BCUT2D eigenvalue weighted by molar-refractivity contribution is 0.0764. The molecule has 8 heteroatoms. The van der Waals surface area contributed by atoms with E-state index in [2.05, 4.69) is 21.1 Å². The van der Waals surface area contributed by atoms with Crippen LogP contribution in [0, 0.1) is 0 Å². The van der Waals surface area contributed by atoms with E-state index in [4.69, 9.17) is 10.8 Å². The van der Waals surface area contributed by atoms with Gasteiger partial charge in [-0.3, -0.25) is 4.79 Å². The minimum atomic E-state index is -1.32. The molecule has 0 spiro atoms. The van der Waals surface area contributed by atoms with Crippen LogP contribution in [-0.2, 0) is 0 Å². The van der Waals surface area contributed by atoms with E-state index >= 15 is 0 Å². The second kappa shape index (κ2) is 4.11. The van der Waals surface area contributed by atoms with Crippen molar-refractivity contribution in [2.45, 2.75) is 12.2 Å². The zero-order chi connectivity index (χ0) is 12.6. The molecule has 0 radical (unpaired) electrons. The fraction of sp³-hybridized carbons (Fsp3) is 0.333. The van der Waals surface area contributed by atoms with E-state index in [9.17, 15) is 15.0 Å². The van der Waals surface area contributed by atoms with Gasteiger partial charge in [0.2, 0.25) is 0 Å². The number of aliphatic hydroxyl groups is 3. The number of nitrogens with one attached hydrogen (secondary N) is 1. The molecule has 2 unspecified atom stereocenters. The number of nitrogens with two attached hydrogens (primary N) is 1. The van der Waals surface area contributed by atoms with Gasteiger partial charge < -0.3 is 21.1 Å². The predicted octanol–water partition coefficient (Wildman–Crippen LogP) is -2.46. The predicted molar refractivity (Wildman–Crippen MR) is 54.4 cm³/mol. The van der Waals surface area contributed by atoms with Crippen LogP contribution in [0.15, 0.2) is 11.3 Å². The molecule has 0 aliphatic heterocycles. The Hall–Kier alpha value is -1.99. The summed E-state index contributed by atoms with van der Waals surface area (Å²) in [4.78, 5) is 11.0. The molecule has 6 N–H and O–H groups in total. The van der Waals surface area contributed by atoms with Crippen molar-refractivity contribution in [2.24, 2.45) is 5.73 Å². The van der Waals surface area contributed by atoms with Crippen molar-refractivity contribution in [3.8, 4) is 0 Å². The lowest BCUT2D eigenvalue weighted by atomic mass is 10.0. The molecular formula is C9H10N4O4. The van der Waals surface area contributed by atoms with Gasteiger partial charge >= 0.3 is 0 Å². The molecular weight excluding hydrogens is 228 g/mol. The second-order valence-corrected chi connectivity index (χ2v) is 3.50. The van der Waals surface area contributed by atoms with E-state index in [0.29, 0.717) is 0 Å². The number of aromatic amines is 1. The Morgan fingerprint density at radius 2 is 2.12 bits per heavy atom. The molecule has 1 aliphatic carbocycles. The molecule has 1 amide bonds. The molecule has 1 heterocycles. The minimum Gasteiger partial charge on any atom is -0.391 e. The highest BCUT2D eigenvalue weighted by atomic mass is 16.3. The van der Waals surface area contributed by atoms with Crippen LogP contribution in [0.1, 0.15) is 16.2 Å². The standard InChI is InChI=1S/C9H10N4O4/c10-9(17)6-5(11-13-12-6)4-1-3(2-14)7(15)8(4)16/h7-8,14-16H,2H2,(H2,10,17)(H,11,12,13). The van der Waals surface area contributed by atoms with Crippen LogP contribution in [0.3, 0.4) is 0 Å². The fourth-order valence-electron chi connectivity index (χ4n) is 1.59. The summed E-state index contributed by atoms with van der Waals surface area (Å²) in [6.07, 6.45) is -2.59. The van der Waals surface area contributed by atoms with E-state index in [1.807, 2.05) is 0 Å². The van der Waals surface area contributed by atoms with Gasteiger partial charge in [0.15, 0.2) is 5.69 Å². The molecule has 17 heavy (non-hydrogen) atoms. The smallest absolute Gasteiger partial charge is 0.271 e. The van der Waals surface area contributed by atoms with E-state index in [0.717, 1.165) is 0 Å². The van der Waals surface area contributed by atoms with Crippen molar-refractivity contribution >= 4 is 11.5 Å². The Morgan fingerprint density at radius 3 is 2.65 bits per heavy atom. The van der Waals surface area contributed by atoms with Crippen LogP contribution < -0.4 is 5.73 Å². The number of H-pyrrole nitrogens is 1. The molecule has 0 aromatic carbocycles. The van der Waals surface area contributed by atoms with Gasteiger partial charge in [-0.1, -0.05) is 0 Å². The summed E-state index contributed by atoms with van der Waals surface area (Å²) < 4.78 is 0. The van der Waals surface area contributed by atoms with Crippen LogP contribution in [0.5, 0.6) is 0 Å². The van der Waals surface area contributed by atoms with Gasteiger partial charge in [-0.15, -0.1) is 5.73 Å². The van der Waals surface area contributed by atoms with Gasteiger partial charge in [0.05, 0.1) is 12.2 Å².